The Balaban J connectivity index is 2.11. The number of carbonyl (C=O) groups is 1. The molecule has 1 amide bonds. The summed E-state index contributed by atoms with van der Waals surface area (Å²) in [7, 11) is 0. The van der Waals surface area contributed by atoms with E-state index in [2.05, 4.69) is 6.07 Å². The fraction of sp³-hybridized carbons (Fsp3) is 0.222. The third kappa shape index (κ3) is 2.42. The molecule has 4 heteroatoms. The molecule has 0 bridgehead atoms. The van der Waals surface area contributed by atoms with Gasteiger partial charge in [-0.2, -0.15) is 5.26 Å². The molecule has 0 unspecified atom stereocenters. The number of amides is 1. The van der Waals surface area contributed by atoms with Gasteiger partial charge in [0.1, 0.15) is 6.10 Å². The normalized spacial score (nSPS) is 20.8. The molecule has 1 saturated heterocycles. The van der Waals surface area contributed by atoms with Gasteiger partial charge in [0.05, 0.1) is 12.1 Å². The lowest BCUT2D eigenvalue weighted by atomic mass is 9.96. The van der Waals surface area contributed by atoms with E-state index in [9.17, 15) is 10.1 Å². The van der Waals surface area contributed by atoms with Crippen molar-refractivity contribution in [2.24, 2.45) is 0 Å². The summed E-state index contributed by atoms with van der Waals surface area (Å²) in [5, 5.41) is 9.44. The highest BCUT2D eigenvalue weighted by atomic mass is 16.6. The molecule has 0 N–H and O–H groups in total. The van der Waals surface area contributed by atoms with E-state index in [0.717, 1.165) is 11.1 Å². The molecule has 0 radical (unpaired) electrons. The van der Waals surface area contributed by atoms with E-state index in [1.807, 2.05) is 60.7 Å². The van der Waals surface area contributed by atoms with Gasteiger partial charge in [0, 0.05) is 0 Å². The highest BCUT2D eigenvalue weighted by Crippen LogP contribution is 2.35. The fourth-order valence-corrected chi connectivity index (χ4v) is 2.84. The number of nitriles is 1. The maximum atomic E-state index is 12.3. The van der Waals surface area contributed by atoms with Crippen LogP contribution in [-0.2, 0) is 4.74 Å². The number of benzene rings is 2. The number of hydrogen-bond donors (Lipinski definition) is 0. The number of ether oxygens (including phenoxy) is 1. The third-order valence-corrected chi connectivity index (χ3v) is 3.88. The zero-order valence-electron chi connectivity index (χ0n) is 12.2. The molecular weight excluding hydrogens is 276 g/mol. The lowest BCUT2D eigenvalue weighted by Crippen LogP contribution is -2.38. The number of hydrogen-bond acceptors (Lipinski definition) is 3. The molecule has 1 aliphatic heterocycles. The second-order valence-corrected chi connectivity index (χ2v) is 5.29. The molecule has 1 aliphatic rings. The summed E-state index contributed by atoms with van der Waals surface area (Å²) in [6.45, 7) is 1.75. The standard InChI is InChI=1S/C18H16N2O2/c1-13-16(12-19)20(18(21)22-13)17(14-8-4-2-5-9-14)15-10-6-3-7-11-15/h2-11,13,16-17H,1H3/t13-,16+/m0/s1. The van der Waals surface area contributed by atoms with Crippen molar-refractivity contribution >= 4 is 6.09 Å². The quantitative estimate of drug-likeness (QED) is 0.870. The number of carbonyl (C=O) groups excluding carboxylic acids is 1. The molecule has 2 aromatic carbocycles. The van der Waals surface area contributed by atoms with Crippen molar-refractivity contribution < 1.29 is 9.53 Å². The molecule has 0 aromatic heterocycles. The molecule has 4 nitrogen and oxygen atoms in total. The van der Waals surface area contributed by atoms with Gasteiger partial charge < -0.3 is 4.74 Å². The first kappa shape index (κ1) is 14.2. The van der Waals surface area contributed by atoms with Gasteiger partial charge in [-0.05, 0) is 18.1 Å². The first-order valence-corrected chi connectivity index (χ1v) is 7.21. The summed E-state index contributed by atoms with van der Waals surface area (Å²) in [6.07, 6.45) is -0.885. The average molecular weight is 292 g/mol. The van der Waals surface area contributed by atoms with Gasteiger partial charge in [-0.3, -0.25) is 4.90 Å². The second kappa shape index (κ2) is 5.90. The average Bonchev–Trinajstić information content (AvgIpc) is 2.84. The lowest BCUT2D eigenvalue weighted by molar-refractivity contribution is 0.135. The van der Waals surface area contributed by atoms with E-state index in [0.29, 0.717) is 0 Å². The van der Waals surface area contributed by atoms with Crippen LogP contribution in [0.2, 0.25) is 0 Å². The molecule has 1 heterocycles. The SMILES string of the molecule is C[C@@H]1OC(=O)N(C(c2ccccc2)c2ccccc2)[C@@H]1C#N. The number of rotatable bonds is 3. The minimum absolute atomic E-state index is 0.329. The summed E-state index contributed by atoms with van der Waals surface area (Å²) < 4.78 is 5.27. The highest BCUT2D eigenvalue weighted by molar-refractivity contribution is 5.73. The summed E-state index contributed by atoms with van der Waals surface area (Å²) in [5.74, 6) is 0. The zero-order valence-corrected chi connectivity index (χ0v) is 12.2. The Kier molecular flexibility index (Phi) is 3.80. The van der Waals surface area contributed by atoms with E-state index in [1.54, 1.807) is 6.92 Å². The Labute approximate surface area is 129 Å². The van der Waals surface area contributed by atoms with Crippen LogP contribution in [0.25, 0.3) is 0 Å². The Morgan fingerprint density at radius 3 is 2.00 bits per heavy atom. The van der Waals surface area contributed by atoms with Crippen molar-refractivity contribution in [1.29, 1.82) is 5.26 Å². The van der Waals surface area contributed by atoms with Crippen LogP contribution in [0, 0.1) is 11.3 Å². The van der Waals surface area contributed by atoms with Crippen molar-refractivity contribution in [3.63, 3.8) is 0 Å². The van der Waals surface area contributed by atoms with Crippen LogP contribution < -0.4 is 0 Å². The van der Waals surface area contributed by atoms with Gasteiger partial charge in [-0.25, -0.2) is 4.79 Å². The van der Waals surface area contributed by atoms with Gasteiger partial charge in [0.2, 0.25) is 0 Å². The summed E-state index contributed by atoms with van der Waals surface area (Å²) >= 11 is 0. The maximum Gasteiger partial charge on any atom is 0.412 e. The summed E-state index contributed by atoms with van der Waals surface area (Å²) in [5.41, 5.74) is 1.92. The van der Waals surface area contributed by atoms with Crippen LogP contribution in [0.3, 0.4) is 0 Å². The molecule has 1 fully saturated rings. The van der Waals surface area contributed by atoms with Crippen molar-refractivity contribution in [3.05, 3.63) is 71.8 Å². The fourth-order valence-electron chi connectivity index (χ4n) is 2.84. The predicted molar refractivity (Wildman–Crippen MR) is 81.9 cm³/mol. The van der Waals surface area contributed by atoms with Gasteiger partial charge in [0.25, 0.3) is 0 Å². The number of cyclic esters (lactones) is 1. The van der Waals surface area contributed by atoms with Gasteiger partial charge in [0.15, 0.2) is 6.04 Å². The van der Waals surface area contributed by atoms with Crippen molar-refractivity contribution in [3.8, 4) is 6.07 Å². The van der Waals surface area contributed by atoms with Crippen LogP contribution in [0.4, 0.5) is 4.79 Å². The molecule has 2 atom stereocenters. The molecule has 0 saturated carbocycles. The van der Waals surface area contributed by atoms with Crippen LogP contribution in [-0.4, -0.2) is 23.1 Å². The van der Waals surface area contributed by atoms with Crippen molar-refractivity contribution in [2.45, 2.75) is 25.1 Å². The summed E-state index contributed by atoms with van der Waals surface area (Å²) in [6, 6.07) is 20.7. The van der Waals surface area contributed by atoms with Gasteiger partial charge >= 0.3 is 6.09 Å². The first-order chi connectivity index (χ1) is 10.7. The van der Waals surface area contributed by atoms with Crippen molar-refractivity contribution in [1.82, 2.24) is 4.90 Å². The molecule has 3 rings (SSSR count). The molecule has 0 spiro atoms. The van der Waals surface area contributed by atoms with Gasteiger partial charge in [-0.15, -0.1) is 0 Å². The van der Waals surface area contributed by atoms with Crippen LogP contribution in [0.5, 0.6) is 0 Å². The second-order valence-electron chi connectivity index (χ2n) is 5.29. The van der Waals surface area contributed by atoms with E-state index in [4.69, 9.17) is 4.74 Å². The molecular formula is C18H16N2O2. The Morgan fingerprint density at radius 2 is 1.55 bits per heavy atom. The number of nitrogens with zero attached hydrogens (tertiary/aromatic N) is 2. The minimum atomic E-state index is -0.599. The summed E-state index contributed by atoms with van der Waals surface area (Å²) in [4.78, 5) is 13.8. The smallest absolute Gasteiger partial charge is 0.412 e. The lowest BCUT2D eigenvalue weighted by Gasteiger charge is -2.29. The minimum Gasteiger partial charge on any atom is -0.443 e. The van der Waals surface area contributed by atoms with Crippen LogP contribution >= 0.6 is 0 Å². The molecule has 0 aliphatic carbocycles. The van der Waals surface area contributed by atoms with E-state index >= 15 is 0 Å². The zero-order chi connectivity index (χ0) is 15.5. The maximum absolute atomic E-state index is 12.3. The Hall–Kier alpha value is -2.80. The van der Waals surface area contributed by atoms with E-state index in [-0.39, 0.29) is 6.04 Å². The molecule has 2 aromatic rings. The topological polar surface area (TPSA) is 53.3 Å². The molecule has 22 heavy (non-hydrogen) atoms. The van der Waals surface area contributed by atoms with E-state index < -0.39 is 18.2 Å². The largest absolute Gasteiger partial charge is 0.443 e. The highest BCUT2D eigenvalue weighted by Gasteiger charge is 2.44. The van der Waals surface area contributed by atoms with Crippen molar-refractivity contribution in [2.75, 3.05) is 0 Å². The van der Waals surface area contributed by atoms with Crippen LogP contribution in [0.15, 0.2) is 60.7 Å². The van der Waals surface area contributed by atoms with E-state index in [1.165, 1.54) is 4.90 Å². The Morgan fingerprint density at radius 1 is 1.05 bits per heavy atom. The Bertz CT molecular complexity index is 655. The first-order valence-electron chi connectivity index (χ1n) is 7.21. The van der Waals surface area contributed by atoms with Crippen LogP contribution in [0.1, 0.15) is 24.1 Å². The monoisotopic (exact) mass is 292 g/mol. The third-order valence-electron chi connectivity index (χ3n) is 3.88. The predicted octanol–water partition coefficient (Wildman–Crippen LogP) is 3.51. The van der Waals surface area contributed by atoms with Gasteiger partial charge in [-0.1, -0.05) is 60.7 Å². The molecule has 110 valence electrons.